The van der Waals surface area contributed by atoms with Gasteiger partial charge < -0.3 is 19.2 Å². The predicted molar refractivity (Wildman–Crippen MR) is 93.8 cm³/mol. The van der Waals surface area contributed by atoms with Gasteiger partial charge in [0.15, 0.2) is 0 Å². The molecular formula is C20H21NO4. The van der Waals surface area contributed by atoms with E-state index in [1.807, 2.05) is 54.6 Å². The minimum Gasteiger partial charge on any atom is -0.497 e. The summed E-state index contributed by atoms with van der Waals surface area (Å²) >= 11 is 0. The fraction of sp³-hybridized carbons (Fsp3) is 0.300. The maximum atomic E-state index is 12.1. The quantitative estimate of drug-likeness (QED) is 0.728. The van der Waals surface area contributed by atoms with Crippen molar-refractivity contribution in [2.75, 3.05) is 20.3 Å². The SMILES string of the molecule is COc1ccc(C(C=O)CN2C(=O)OC[C@@H]2Cc2ccccc2)cc1. The maximum Gasteiger partial charge on any atom is 0.410 e. The van der Waals surface area contributed by atoms with Crippen LogP contribution in [0, 0.1) is 0 Å². The Hall–Kier alpha value is -2.82. The second kappa shape index (κ2) is 7.83. The number of aldehydes is 1. The molecule has 0 radical (unpaired) electrons. The number of cyclic esters (lactones) is 1. The second-order valence-electron chi connectivity index (χ2n) is 6.09. The fourth-order valence-corrected chi connectivity index (χ4v) is 3.06. The van der Waals surface area contributed by atoms with Crippen molar-refractivity contribution in [3.8, 4) is 5.75 Å². The Balaban J connectivity index is 1.72. The molecule has 1 amide bonds. The Labute approximate surface area is 147 Å². The van der Waals surface area contributed by atoms with Gasteiger partial charge in [0, 0.05) is 6.54 Å². The van der Waals surface area contributed by atoms with E-state index in [9.17, 15) is 9.59 Å². The summed E-state index contributed by atoms with van der Waals surface area (Å²) in [7, 11) is 1.60. The molecule has 2 aromatic rings. The van der Waals surface area contributed by atoms with Crippen LogP contribution in [-0.4, -0.2) is 43.6 Å². The zero-order valence-electron chi connectivity index (χ0n) is 14.1. The van der Waals surface area contributed by atoms with Gasteiger partial charge >= 0.3 is 6.09 Å². The van der Waals surface area contributed by atoms with E-state index in [2.05, 4.69) is 0 Å². The van der Waals surface area contributed by atoms with Gasteiger partial charge in [-0.05, 0) is 29.7 Å². The van der Waals surface area contributed by atoms with E-state index in [1.54, 1.807) is 12.0 Å². The first kappa shape index (κ1) is 17.0. The zero-order valence-corrected chi connectivity index (χ0v) is 14.1. The van der Waals surface area contributed by atoms with Gasteiger partial charge in [0.25, 0.3) is 0 Å². The number of methoxy groups -OCH3 is 1. The molecule has 130 valence electrons. The number of carbonyl (C=O) groups excluding carboxylic acids is 2. The number of nitrogens with zero attached hydrogens (tertiary/aromatic N) is 1. The van der Waals surface area contributed by atoms with Crippen LogP contribution < -0.4 is 4.74 Å². The van der Waals surface area contributed by atoms with Crippen LogP contribution in [0.25, 0.3) is 0 Å². The summed E-state index contributed by atoms with van der Waals surface area (Å²) in [6.45, 7) is 0.661. The summed E-state index contributed by atoms with van der Waals surface area (Å²) in [5.74, 6) is 0.339. The van der Waals surface area contributed by atoms with Gasteiger partial charge in [-0.3, -0.25) is 0 Å². The lowest BCUT2D eigenvalue weighted by Crippen LogP contribution is -2.38. The fourth-order valence-electron chi connectivity index (χ4n) is 3.06. The molecule has 5 heteroatoms. The van der Waals surface area contributed by atoms with E-state index in [0.29, 0.717) is 19.6 Å². The lowest BCUT2D eigenvalue weighted by molar-refractivity contribution is -0.109. The summed E-state index contributed by atoms with van der Waals surface area (Å²) in [4.78, 5) is 25.4. The average molecular weight is 339 g/mol. The van der Waals surface area contributed by atoms with Gasteiger partial charge in [0.1, 0.15) is 18.6 Å². The molecule has 2 aromatic carbocycles. The standard InChI is InChI=1S/C20H21NO4/c1-24-19-9-7-16(8-10-19)17(13-22)12-21-18(14-25-20(21)23)11-15-5-3-2-4-6-15/h2-10,13,17-18H,11-12,14H2,1H3/t17?,18-/m0/s1. The molecule has 1 saturated heterocycles. The Morgan fingerprint density at radius 3 is 2.56 bits per heavy atom. The first-order valence-corrected chi connectivity index (χ1v) is 8.28. The van der Waals surface area contributed by atoms with Crippen molar-refractivity contribution in [1.82, 2.24) is 4.90 Å². The number of carbonyl (C=O) groups is 2. The molecule has 0 saturated carbocycles. The van der Waals surface area contributed by atoms with Crippen molar-refractivity contribution in [1.29, 1.82) is 0 Å². The van der Waals surface area contributed by atoms with E-state index in [4.69, 9.17) is 9.47 Å². The number of rotatable bonds is 7. The molecule has 1 unspecified atom stereocenters. The average Bonchev–Trinajstić information content (AvgIpc) is 3.00. The minimum atomic E-state index is -0.394. The van der Waals surface area contributed by atoms with Gasteiger partial charge in [0.05, 0.1) is 19.1 Å². The second-order valence-corrected chi connectivity index (χ2v) is 6.09. The zero-order chi connectivity index (χ0) is 17.6. The molecule has 1 heterocycles. The number of hydrogen-bond acceptors (Lipinski definition) is 4. The number of hydrogen-bond donors (Lipinski definition) is 0. The summed E-state index contributed by atoms with van der Waals surface area (Å²) in [5, 5.41) is 0. The highest BCUT2D eigenvalue weighted by Crippen LogP contribution is 2.24. The lowest BCUT2D eigenvalue weighted by atomic mass is 9.98. The number of amides is 1. The molecule has 1 fully saturated rings. The first-order chi connectivity index (χ1) is 12.2. The minimum absolute atomic E-state index is 0.0596. The molecule has 2 atom stereocenters. The Morgan fingerprint density at radius 2 is 1.92 bits per heavy atom. The Kier molecular flexibility index (Phi) is 5.33. The lowest BCUT2D eigenvalue weighted by Gasteiger charge is -2.24. The summed E-state index contributed by atoms with van der Waals surface area (Å²) in [6, 6.07) is 17.2. The van der Waals surface area contributed by atoms with Crippen LogP contribution in [0.4, 0.5) is 4.79 Å². The molecular weight excluding hydrogens is 318 g/mol. The van der Waals surface area contributed by atoms with E-state index in [-0.39, 0.29) is 12.1 Å². The van der Waals surface area contributed by atoms with Crippen LogP contribution in [0.1, 0.15) is 17.0 Å². The molecule has 0 aromatic heterocycles. The number of benzene rings is 2. The van der Waals surface area contributed by atoms with E-state index in [0.717, 1.165) is 23.2 Å². The van der Waals surface area contributed by atoms with Crippen LogP contribution in [-0.2, 0) is 16.0 Å². The summed E-state index contributed by atoms with van der Waals surface area (Å²) in [5.41, 5.74) is 2.00. The topological polar surface area (TPSA) is 55.8 Å². The molecule has 1 aliphatic rings. The molecule has 1 aliphatic heterocycles. The van der Waals surface area contributed by atoms with E-state index >= 15 is 0 Å². The highest BCUT2D eigenvalue weighted by Gasteiger charge is 2.34. The molecule has 0 N–H and O–H groups in total. The van der Waals surface area contributed by atoms with Crippen molar-refractivity contribution in [3.63, 3.8) is 0 Å². The van der Waals surface area contributed by atoms with Gasteiger partial charge in [-0.2, -0.15) is 0 Å². The third-order valence-corrected chi connectivity index (χ3v) is 4.49. The van der Waals surface area contributed by atoms with Crippen LogP contribution in [0.5, 0.6) is 5.75 Å². The van der Waals surface area contributed by atoms with E-state index in [1.165, 1.54) is 0 Å². The van der Waals surface area contributed by atoms with Crippen molar-refractivity contribution in [2.45, 2.75) is 18.4 Å². The third-order valence-electron chi connectivity index (χ3n) is 4.49. The van der Waals surface area contributed by atoms with Crippen molar-refractivity contribution in [2.24, 2.45) is 0 Å². The molecule has 0 spiro atoms. The third kappa shape index (κ3) is 3.99. The number of ether oxygens (including phenoxy) is 2. The predicted octanol–water partition coefficient (Wildman–Crippen LogP) is 3.04. The van der Waals surface area contributed by atoms with Crippen LogP contribution in [0.15, 0.2) is 54.6 Å². The molecule has 25 heavy (non-hydrogen) atoms. The summed E-state index contributed by atoms with van der Waals surface area (Å²) in [6.07, 6.45) is 1.23. The normalized spacial score (nSPS) is 17.9. The van der Waals surface area contributed by atoms with Crippen molar-refractivity contribution in [3.05, 3.63) is 65.7 Å². The van der Waals surface area contributed by atoms with Crippen LogP contribution in [0.3, 0.4) is 0 Å². The van der Waals surface area contributed by atoms with Crippen molar-refractivity contribution < 1.29 is 19.1 Å². The van der Waals surface area contributed by atoms with Gasteiger partial charge in [-0.15, -0.1) is 0 Å². The van der Waals surface area contributed by atoms with Gasteiger partial charge in [-0.1, -0.05) is 42.5 Å². The molecule has 5 nitrogen and oxygen atoms in total. The van der Waals surface area contributed by atoms with Gasteiger partial charge in [0.2, 0.25) is 0 Å². The molecule has 0 bridgehead atoms. The first-order valence-electron chi connectivity index (χ1n) is 8.28. The van der Waals surface area contributed by atoms with Gasteiger partial charge in [-0.25, -0.2) is 4.79 Å². The monoisotopic (exact) mass is 339 g/mol. The maximum absolute atomic E-state index is 12.1. The van der Waals surface area contributed by atoms with Crippen molar-refractivity contribution >= 4 is 12.4 Å². The van der Waals surface area contributed by atoms with Crippen LogP contribution in [0.2, 0.25) is 0 Å². The largest absolute Gasteiger partial charge is 0.497 e. The smallest absolute Gasteiger partial charge is 0.410 e. The Morgan fingerprint density at radius 1 is 1.20 bits per heavy atom. The highest BCUT2D eigenvalue weighted by molar-refractivity contribution is 5.72. The molecule has 3 rings (SSSR count). The summed E-state index contributed by atoms with van der Waals surface area (Å²) < 4.78 is 10.4. The molecule has 0 aliphatic carbocycles. The van der Waals surface area contributed by atoms with E-state index < -0.39 is 5.92 Å². The van der Waals surface area contributed by atoms with Crippen LogP contribution >= 0.6 is 0 Å². The Bertz CT molecular complexity index is 714. The highest BCUT2D eigenvalue weighted by atomic mass is 16.6.